The highest BCUT2D eigenvalue weighted by Gasteiger charge is 2.35. The predicted molar refractivity (Wildman–Crippen MR) is 118 cm³/mol. The second-order valence-electron chi connectivity index (χ2n) is 6.98. The van der Waals surface area contributed by atoms with Crippen molar-refractivity contribution in [1.82, 2.24) is 4.90 Å². The van der Waals surface area contributed by atoms with Crippen molar-refractivity contribution in [1.29, 1.82) is 0 Å². The van der Waals surface area contributed by atoms with E-state index in [2.05, 4.69) is 10.3 Å². The quantitative estimate of drug-likeness (QED) is 0.755. The maximum absolute atomic E-state index is 12.7. The fourth-order valence-corrected chi connectivity index (χ4v) is 4.14. The Morgan fingerprint density at radius 3 is 2.47 bits per heavy atom. The zero-order valence-electron chi connectivity index (χ0n) is 17.0. The van der Waals surface area contributed by atoms with Crippen molar-refractivity contribution >= 4 is 46.1 Å². The van der Waals surface area contributed by atoms with Gasteiger partial charge in [0.2, 0.25) is 11.8 Å². The topological polar surface area (TPSA) is 99.1 Å². The average molecular weight is 426 g/mol. The molecule has 1 saturated heterocycles. The largest absolute Gasteiger partial charge is 0.478 e. The van der Waals surface area contributed by atoms with E-state index in [4.69, 9.17) is 5.11 Å². The van der Waals surface area contributed by atoms with E-state index >= 15 is 0 Å². The van der Waals surface area contributed by atoms with E-state index in [9.17, 15) is 14.4 Å². The van der Waals surface area contributed by atoms with E-state index in [1.54, 1.807) is 4.90 Å². The highest BCUT2D eigenvalue weighted by molar-refractivity contribution is 8.15. The number of aromatic carboxylic acids is 1. The minimum Gasteiger partial charge on any atom is -0.478 e. The van der Waals surface area contributed by atoms with E-state index in [0.717, 1.165) is 16.8 Å². The first-order valence-corrected chi connectivity index (χ1v) is 10.4. The first-order valence-electron chi connectivity index (χ1n) is 9.55. The molecular formula is C22H23N3O4S. The van der Waals surface area contributed by atoms with Gasteiger partial charge in [-0.15, -0.1) is 0 Å². The lowest BCUT2D eigenvalue weighted by Crippen LogP contribution is -2.45. The number of amides is 2. The number of aryl methyl sites for hydroxylation is 2. The van der Waals surface area contributed by atoms with Crippen LogP contribution < -0.4 is 5.32 Å². The van der Waals surface area contributed by atoms with Crippen molar-refractivity contribution in [2.75, 3.05) is 11.9 Å². The van der Waals surface area contributed by atoms with Crippen LogP contribution in [0.5, 0.6) is 0 Å². The number of carboxylic acids is 1. The van der Waals surface area contributed by atoms with E-state index in [1.165, 1.54) is 36.0 Å². The number of hydrogen-bond acceptors (Lipinski definition) is 5. The minimum absolute atomic E-state index is 0.0729. The van der Waals surface area contributed by atoms with Gasteiger partial charge in [-0.3, -0.25) is 14.5 Å². The summed E-state index contributed by atoms with van der Waals surface area (Å²) in [4.78, 5) is 42.5. The molecule has 1 atom stereocenters. The Kier molecular flexibility index (Phi) is 6.56. The van der Waals surface area contributed by atoms with Gasteiger partial charge in [-0.2, -0.15) is 0 Å². The molecule has 8 heteroatoms. The lowest BCUT2D eigenvalue weighted by atomic mass is 10.1. The summed E-state index contributed by atoms with van der Waals surface area (Å²) >= 11 is 1.26. The lowest BCUT2D eigenvalue weighted by molar-refractivity contribution is -0.129. The Labute approximate surface area is 179 Å². The number of carboxylic acid groups (broad SMARTS) is 1. The predicted octanol–water partition coefficient (Wildman–Crippen LogP) is 3.98. The van der Waals surface area contributed by atoms with Gasteiger partial charge in [-0.25, -0.2) is 9.79 Å². The van der Waals surface area contributed by atoms with Crippen LogP contribution in [0.2, 0.25) is 0 Å². The molecule has 0 radical (unpaired) electrons. The van der Waals surface area contributed by atoms with Crippen LogP contribution >= 0.6 is 11.8 Å². The molecule has 1 fully saturated rings. The molecule has 7 nitrogen and oxygen atoms in total. The van der Waals surface area contributed by atoms with Gasteiger partial charge in [-0.05, 0) is 68.3 Å². The van der Waals surface area contributed by atoms with Crippen molar-refractivity contribution < 1.29 is 19.5 Å². The number of amidine groups is 1. The highest BCUT2D eigenvalue weighted by Crippen LogP contribution is 2.30. The fourth-order valence-electron chi connectivity index (χ4n) is 2.98. The van der Waals surface area contributed by atoms with Crippen LogP contribution in [-0.2, 0) is 9.59 Å². The number of aliphatic imine (C=N–C) groups is 1. The summed E-state index contributed by atoms with van der Waals surface area (Å²) in [5.41, 5.74) is 3.60. The molecule has 2 amide bonds. The molecule has 1 unspecified atom stereocenters. The number of benzene rings is 2. The molecule has 30 heavy (non-hydrogen) atoms. The summed E-state index contributed by atoms with van der Waals surface area (Å²) in [6, 6.07) is 11.7. The normalized spacial score (nSPS) is 17.8. The summed E-state index contributed by atoms with van der Waals surface area (Å²) < 4.78 is 0. The van der Waals surface area contributed by atoms with Crippen molar-refractivity contribution in [3.63, 3.8) is 0 Å². The maximum atomic E-state index is 12.7. The molecule has 2 aromatic carbocycles. The van der Waals surface area contributed by atoms with Crippen LogP contribution in [0.1, 0.15) is 34.8 Å². The van der Waals surface area contributed by atoms with Crippen molar-refractivity contribution in [3.05, 3.63) is 59.2 Å². The number of nitrogens with zero attached hydrogens (tertiary/aromatic N) is 2. The van der Waals surface area contributed by atoms with Gasteiger partial charge < -0.3 is 10.4 Å². The van der Waals surface area contributed by atoms with Gasteiger partial charge in [0, 0.05) is 18.7 Å². The molecule has 0 aliphatic carbocycles. The van der Waals surface area contributed by atoms with Gasteiger partial charge >= 0.3 is 5.97 Å². The SMILES string of the molecule is CCN1C(=O)CC(C(=O)Nc2ccc(C(=O)O)cc2)SC1=Nc1ccc(C)c(C)c1. The minimum atomic E-state index is -1.03. The molecule has 0 bridgehead atoms. The molecule has 0 saturated carbocycles. The molecule has 156 valence electrons. The van der Waals surface area contributed by atoms with Crippen molar-refractivity contribution in [2.24, 2.45) is 4.99 Å². The smallest absolute Gasteiger partial charge is 0.335 e. The molecule has 3 rings (SSSR count). The summed E-state index contributed by atoms with van der Waals surface area (Å²) in [5.74, 6) is -1.51. The monoisotopic (exact) mass is 425 g/mol. The number of carbonyl (C=O) groups excluding carboxylic acids is 2. The lowest BCUT2D eigenvalue weighted by Gasteiger charge is -2.31. The molecule has 1 heterocycles. The summed E-state index contributed by atoms with van der Waals surface area (Å²) in [6.45, 7) is 6.37. The summed E-state index contributed by atoms with van der Waals surface area (Å²) in [5, 5.41) is 11.6. The van der Waals surface area contributed by atoms with Gasteiger partial charge in [0.15, 0.2) is 5.17 Å². The van der Waals surface area contributed by atoms with Crippen molar-refractivity contribution in [3.8, 4) is 0 Å². The van der Waals surface area contributed by atoms with Crippen LogP contribution in [-0.4, -0.2) is 44.8 Å². The second kappa shape index (κ2) is 9.13. The Balaban J connectivity index is 1.79. The van der Waals surface area contributed by atoms with E-state index in [0.29, 0.717) is 17.4 Å². The zero-order valence-corrected chi connectivity index (χ0v) is 17.8. The first-order chi connectivity index (χ1) is 14.3. The van der Waals surface area contributed by atoms with Gasteiger partial charge in [-0.1, -0.05) is 17.8 Å². The van der Waals surface area contributed by atoms with Crippen LogP contribution in [0, 0.1) is 13.8 Å². The van der Waals surface area contributed by atoms with E-state index in [-0.39, 0.29) is 23.8 Å². The number of anilines is 1. The Hall–Kier alpha value is -3.13. The number of thioether (sulfide) groups is 1. The average Bonchev–Trinajstić information content (AvgIpc) is 2.71. The van der Waals surface area contributed by atoms with Crippen LogP contribution in [0.15, 0.2) is 47.5 Å². The van der Waals surface area contributed by atoms with Gasteiger partial charge in [0.25, 0.3) is 0 Å². The molecule has 0 spiro atoms. The maximum Gasteiger partial charge on any atom is 0.335 e. The Morgan fingerprint density at radius 1 is 1.17 bits per heavy atom. The highest BCUT2D eigenvalue weighted by atomic mass is 32.2. The van der Waals surface area contributed by atoms with Gasteiger partial charge in [0.05, 0.1) is 11.3 Å². The fraction of sp³-hybridized carbons (Fsp3) is 0.273. The van der Waals surface area contributed by atoms with Crippen LogP contribution in [0.4, 0.5) is 11.4 Å². The molecule has 0 aromatic heterocycles. The third-order valence-corrected chi connectivity index (χ3v) is 6.05. The second-order valence-corrected chi connectivity index (χ2v) is 8.15. The third-order valence-electron chi connectivity index (χ3n) is 4.86. The number of nitrogens with one attached hydrogen (secondary N) is 1. The number of rotatable bonds is 5. The van der Waals surface area contributed by atoms with E-state index in [1.807, 2.05) is 39.0 Å². The molecule has 1 aliphatic heterocycles. The molecular weight excluding hydrogens is 402 g/mol. The molecule has 1 aliphatic rings. The molecule has 2 N–H and O–H groups in total. The Bertz CT molecular complexity index is 1020. The number of carbonyl (C=O) groups is 3. The Morgan fingerprint density at radius 2 is 1.87 bits per heavy atom. The van der Waals surface area contributed by atoms with Crippen molar-refractivity contribution in [2.45, 2.75) is 32.4 Å². The number of hydrogen-bond donors (Lipinski definition) is 2. The van der Waals surface area contributed by atoms with E-state index < -0.39 is 11.2 Å². The third kappa shape index (κ3) is 4.88. The summed E-state index contributed by atoms with van der Waals surface area (Å²) in [6.07, 6.45) is 0.0729. The first kappa shape index (κ1) is 21.6. The summed E-state index contributed by atoms with van der Waals surface area (Å²) in [7, 11) is 0. The van der Waals surface area contributed by atoms with Crippen LogP contribution in [0.25, 0.3) is 0 Å². The standard InChI is InChI=1S/C22H23N3O4S/c1-4-25-19(26)12-18(20(27)23-16-9-6-15(7-10-16)21(28)29)30-22(25)24-17-8-5-13(2)14(3)11-17/h5-11,18H,4,12H2,1-3H3,(H,23,27)(H,28,29). The van der Waals surface area contributed by atoms with Gasteiger partial charge in [0.1, 0.15) is 5.25 Å². The zero-order chi connectivity index (χ0) is 21.8. The van der Waals surface area contributed by atoms with Crippen LogP contribution in [0.3, 0.4) is 0 Å². The molecule has 2 aromatic rings.